The van der Waals surface area contributed by atoms with Crippen molar-refractivity contribution in [2.75, 3.05) is 36.4 Å². The summed E-state index contributed by atoms with van der Waals surface area (Å²) in [6.45, 7) is 2.84. The Morgan fingerprint density at radius 2 is 1.48 bits per heavy atom. The fourth-order valence-electron chi connectivity index (χ4n) is 3.39. The highest BCUT2D eigenvalue weighted by molar-refractivity contribution is 6.04. The van der Waals surface area contributed by atoms with Gasteiger partial charge < -0.3 is 15.1 Å². The van der Waals surface area contributed by atoms with Crippen LogP contribution in [0.1, 0.15) is 20.8 Å². The van der Waals surface area contributed by atoms with Gasteiger partial charge in [0.25, 0.3) is 11.8 Å². The first-order chi connectivity index (χ1) is 14.2. The Morgan fingerprint density at radius 1 is 0.828 bits per heavy atom. The van der Waals surface area contributed by atoms with Crippen molar-refractivity contribution in [1.29, 1.82) is 0 Å². The first kappa shape index (κ1) is 18.7. The number of pyridine rings is 1. The second-order valence-corrected chi connectivity index (χ2v) is 6.86. The molecule has 6 heteroatoms. The van der Waals surface area contributed by atoms with E-state index < -0.39 is 0 Å². The van der Waals surface area contributed by atoms with Gasteiger partial charge in [-0.1, -0.05) is 36.4 Å². The van der Waals surface area contributed by atoms with Gasteiger partial charge in [-0.25, -0.2) is 0 Å². The van der Waals surface area contributed by atoms with E-state index in [0.717, 1.165) is 13.1 Å². The molecule has 1 N–H and O–H groups in total. The Bertz CT molecular complexity index is 984. The number of nitrogens with one attached hydrogen (secondary N) is 1. The van der Waals surface area contributed by atoms with Crippen molar-refractivity contribution < 1.29 is 9.59 Å². The number of hydrogen-bond acceptors (Lipinski definition) is 4. The minimum absolute atomic E-state index is 0.0751. The van der Waals surface area contributed by atoms with Crippen LogP contribution in [0.25, 0.3) is 0 Å². The molecule has 3 aromatic rings. The van der Waals surface area contributed by atoms with Crippen LogP contribution in [0.2, 0.25) is 0 Å². The summed E-state index contributed by atoms with van der Waals surface area (Å²) in [4.78, 5) is 33.6. The van der Waals surface area contributed by atoms with Crippen LogP contribution in [0.3, 0.4) is 0 Å². The average Bonchev–Trinajstić information content (AvgIpc) is 2.80. The Balaban J connectivity index is 1.40. The molecular weight excluding hydrogens is 364 g/mol. The van der Waals surface area contributed by atoms with E-state index in [0.29, 0.717) is 24.3 Å². The van der Waals surface area contributed by atoms with E-state index in [1.807, 2.05) is 41.3 Å². The van der Waals surface area contributed by atoms with Crippen LogP contribution in [-0.4, -0.2) is 47.9 Å². The summed E-state index contributed by atoms with van der Waals surface area (Å²) < 4.78 is 0. The second-order valence-electron chi connectivity index (χ2n) is 6.86. The molecule has 0 aliphatic carbocycles. The fraction of sp³-hybridized carbons (Fsp3) is 0.174. The highest BCUT2D eigenvalue weighted by Gasteiger charge is 2.23. The van der Waals surface area contributed by atoms with Gasteiger partial charge in [-0.05, 0) is 36.4 Å². The lowest BCUT2D eigenvalue weighted by Gasteiger charge is -2.36. The normalized spacial score (nSPS) is 13.8. The number of nitrogens with zero attached hydrogens (tertiary/aromatic N) is 3. The molecule has 6 nitrogen and oxygen atoms in total. The highest BCUT2D eigenvalue weighted by atomic mass is 16.2. The van der Waals surface area contributed by atoms with Gasteiger partial charge in [0, 0.05) is 49.3 Å². The number of carbonyl (C=O) groups is 2. The number of anilines is 2. The molecule has 1 fully saturated rings. The number of aromatic nitrogens is 1. The molecule has 2 heterocycles. The molecule has 0 bridgehead atoms. The maximum Gasteiger partial charge on any atom is 0.274 e. The topological polar surface area (TPSA) is 65.5 Å². The van der Waals surface area contributed by atoms with Crippen molar-refractivity contribution in [1.82, 2.24) is 9.88 Å². The molecule has 0 saturated carbocycles. The second kappa shape index (κ2) is 8.56. The first-order valence-electron chi connectivity index (χ1n) is 9.62. The smallest absolute Gasteiger partial charge is 0.274 e. The Kier molecular flexibility index (Phi) is 5.52. The summed E-state index contributed by atoms with van der Waals surface area (Å²) in [6.07, 6.45) is 1.51. The molecule has 4 rings (SSSR count). The predicted molar refractivity (Wildman–Crippen MR) is 113 cm³/mol. The Hall–Kier alpha value is -3.67. The first-order valence-corrected chi connectivity index (χ1v) is 9.62. The van der Waals surface area contributed by atoms with Gasteiger partial charge in [0.15, 0.2) is 0 Å². The third-order valence-corrected chi connectivity index (χ3v) is 4.96. The zero-order chi connectivity index (χ0) is 20.1. The molecule has 2 amide bonds. The lowest BCUT2D eigenvalue weighted by atomic mass is 10.1. The monoisotopic (exact) mass is 386 g/mol. The summed E-state index contributed by atoms with van der Waals surface area (Å²) in [5.74, 6) is -0.409. The molecule has 1 saturated heterocycles. The quantitative estimate of drug-likeness (QED) is 0.747. The zero-order valence-electron chi connectivity index (χ0n) is 16.0. The zero-order valence-corrected chi connectivity index (χ0v) is 16.0. The summed E-state index contributed by atoms with van der Waals surface area (Å²) in [6, 6.07) is 22.6. The molecule has 146 valence electrons. The third kappa shape index (κ3) is 4.43. The van der Waals surface area contributed by atoms with Crippen molar-refractivity contribution in [2.24, 2.45) is 0 Å². The maximum absolute atomic E-state index is 12.9. The maximum atomic E-state index is 12.9. The summed E-state index contributed by atoms with van der Waals surface area (Å²) >= 11 is 0. The number of hydrogen-bond donors (Lipinski definition) is 1. The van der Waals surface area contributed by atoms with Gasteiger partial charge in [0.2, 0.25) is 0 Å². The largest absolute Gasteiger partial charge is 0.368 e. The standard InChI is InChI=1S/C23H22N4O2/c28-22(25-19-7-3-1-4-8-19)21-17-18(11-12-24-21)23(29)27-15-13-26(14-16-27)20-9-5-2-6-10-20/h1-12,17H,13-16H2,(H,25,28). The molecule has 2 aromatic carbocycles. The van der Waals surface area contributed by atoms with Gasteiger partial charge in [-0.3, -0.25) is 14.6 Å². The SMILES string of the molecule is O=C(Nc1ccccc1)c1cc(C(=O)N2CCN(c3ccccc3)CC2)ccn1. The number of rotatable bonds is 4. The van der Waals surface area contributed by atoms with Crippen molar-refractivity contribution in [3.63, 3.8) is 0 Å². The van der Waals surface area contributed by atoms with Crippen LogP contribution in [-0.2, 0) is 0 Å². The average molecular weight is 386 g/mol. The van der Waals surface area contributed by atoms with E-state index in [9.17, 15) is 9.59 Å². The molecule has 0 radical (unpaired) electrons. The summed E-state index contributed by atoms with van der Waals surface area (Å²) in [7, 11) is 0. The van der Waals surface area contributed by atoms with E-state index >= 15 is 0 Å². The van der Waals surface area contributed by atoms with Gasteiger partial charge >= 0.3 is 0 Å². The van der Waals surface area contributed by atoms with E-state index in [2.05, 4.69) is 27.3 Å². The minimum Gasteiger partial charge on any atom is -0.368 e. The molecule has 1 aliphatic rings. The Morgan fingerprint density at radius 3 is 2.17 bits per heavy atom. The van der Waals surface area contributed by atoms with Crippen molar-refractivity contribution >= 4 is 23.2 Å². The van der Waals surface area contributed by atoms with Crippen LogP contribution in [0.15, 0.2) is 79.0 Å². The molecule has 0 atom stereocenters. The van der Waals surface area contributed by atoms with Crippen LogP contribution in [0, 0.1) is 0 Å². The predicted octanol–water partition coefficient (Wildman–Crippen LogP) is 3.30. The third-order valence-electron chi connectivity index (χ3n) is 4.96. The lowest BCUT2D eigenvalue weighted by Crippen LogP contribution is -2.48. The number of carbonyl (C=O) groups excluding carboxylic acids is 2. The van der Waals surface area contributed by atoms with Crippen molar-refractivity contribution in [2.45, 2.75) is 0 Å². The molecule has 1 aromatic heterocycles. The van der Waals surface area contributed by atoms with E-state index in [-0.39, 0.29) is 17.5 Å². The van der Waals surface area contributed by atoms with E-state index in [1.165, 1.54) is 11.9 Å². The van der Waals surface area contributed by atoms with Gasteiger partial charge in [0.05, 0.1) is 0 Å². The minimum atomic E-state index is -0.334. The highest BCUT2D eigenvalue weighted by Crippen LogP contribution is 2.17. The Labute approximate surface area is 169 Å². The van der Waals surface area contributed by atoms with E-state index in [1.54, 1.807) is 24.3 Å². The molecule has 29 heavy (non-hydrogen) atoms. The van der Waals surface area contributed by atoms with Crippen LogP contribution < -0.4 is 10.2 Å². The van der Waals surface area contributed by atoms with Gasteiger partial charge in [-0.2, -0.15) is 0 Å². The number of benzene rings is 2. The van der Waals surface area contributed by atoms with Crippen LogP contribution in [0.4, 0.5) is 11.4 Å². The molecule has 0 unspecified atom stereocenters. The van der Waals surface area contributed by atoms with Crippen molar-refractivity contribution in [3.8, 4) is 0 Å². The van der Waals surface area contributed by atoms with Gasteiger partial charge in [0.1, 0.15) is 5.69 Å². The summed E-state index contributed by atoms with van der Waals surface area (Å²) in [5, 5.41) is 2.79. The summed E-state index contributed by atoms with van der Waals surface area (Å²) in [5.41, 5.74) is 2.56. The number of para-hydroxylation sites is 2. The number of amides is 2. The fourth-order valence-corrected chi connectivity index (χ4v) is 3.39. The van der Waals surface area contributed by atoms with Gasteiger partial charge in [-0.15, -0.1) is 0 Å². The lowest BCUT2D eigenvalue weighted by molar-refractivity contribution is 0.0746. The molecule has 0 spiro atoms. The van der Waals surface area contributed by atoms with E-state index in [4.69, 9.17) is 0 Å². The molecular formula is C23H22N4O2. The van der Waals surface area contributed by atoms with Crippen LogP contribution in [0.5, 0.6) is 0 Å². The number of piperazine rings is 1. The van der Waals surface area contributed by atoms with Crippen molar-refractivity contribution in [3.05, 3.63) is 90.3 Å². The van der Waals surface area contributed by atoms with Crippen LogP contribution >= 0.6 is 0 Å². The molecule has 1 aliphatic heterocycles.